The van der Waals surface area contributed by atoms with Gasteiger partial charge in [0.1, 0.15) is 6.54 Å². The molecule has 1 aromatic carbocycles. The van der Waals surface area contributed by atoms with Crippen molar-refractivity contribution in [3.05, 3.63) is 40.1 Å². The van der Waals surface area contributed by atoms with E-state index in [-0.39, 0.29) is 31.2 Å². The second-order valence-corrected chi connectivity index (χ2v) is 9.74. The van der Waals surface area contributed by atoms with Gasteiger partial charge in [0.25, 0.3) is 0 Å². The van der Waals surface area contributed by atoms with Gasteiger partial charge in [-0.15, -0.1) is 0 Å². The zero-order chi connectivity index (χ0) is 26.2. The molecule has 8 nitrogen and oxygen atoms in total. The fraction of sp³-hybridized carbons (Fsp3) is 0.500. The smallest absolute Gasteiger partial charge is 0.366 e. The molecule has 1 atom stereocenters. The van der Waals surface area contributed by atoms with Gasteiger partial charge in [0.2, 0.25) is 17.7 Å². The number of hydrogen-bond donors (Lipinski definition) is 2. The number of nitrogens with one attached hydrogen (secondary N) is 1. The van der Waals surface area contributed by atoms with Crippen LogP contribution in [0.4, 0.5) is 13.2 Å². The molecule has 2 aromatic rings. The fourth-order valence-electron chi connectivity index (χ4n) is 5.30. The number of aromatic nitrogens is 2. The lowest BCUT2D eigenvalue weighted by molar-refractivity contribution is -0.165. The molecule has 12 heteroatoms. The summed E-state index contributed by atoms with van der Waals surface area (Å²) in [6, 6.07) is 1.63. The Labute approximate surface area is 210 Å². The lowest BCUT2D eigenvalue weighted by Crippen LogP contribution is -2.44. The van der Waals surface area contributed by atoms with Gasteiger partial charge in [-0.2, -0.15) is 18.3 Å². The molecular formula is C24H27ClF3N5O3. The topological polar surface area (TPSA) is 112 Å². The zero-order valence-electron chi connectivity index (χ0n) is 19.7. The lowest BCUT2D eigenvalue weighted by Gasteiger charge is -2.33. The molecule has 3 amide bonds. The molecule has 0 unspecified atom stereocenters. The number of likely N-dealkylation sites (tertiary alicyclic amines) is 1. The van der Waals surface area contributed by atoms with Crippen molar-refractivity contribution in [2.24, 2.45) is 17.6 Å². The number of nitrogens with zero attached hydrogens (tertiary/aromatic N) is 3. The fourth-order valence-corrected chi connectivity index (χ4v) is 5.58. The number of benzene rings is 1. The maximum absolute atomic E-state index is 13.4. The van der Waals surface area contributed by atoms with Crippen molar-refractivity contribution in [2.75, 3.05) is 19.6 Å². The minimum atomic E-state index is -4.59. The molecule has 1 fully saturated rings. The molecule has 0 saturated carbocycles. The summed E-state index contributed by atoms with van der Waals surface area (Å²) in [4.78, 5) is 40.4. The predicted molar refractivity (Wildman–Crippen MR) is 127 cm³/mol. The van der Waals surface area contributed by atoms with Crippen molar-refractivity contribution >= 4 is 40.2 Å². The highest BCUT2D eigenvalue weighted by atomic mass is 35.5. The van der Waals surface area contributed by atoms with Gasteiger partial charge in [-0.1, -0.05) is 17.7 Å². The molecule has 4 rings (SSSR count). The summed E-state index contributed by atoms with van der Waals surface area (Å²) in [5, 5.41) is 7.60. The Morgan fingerprint density at radius 3 is 2.61 bits per heavy atom. The van der Waals surface area contributed by atoms with E-state index in [1.165, 1.54) is 6.20 Å². The number of primary amides is 1. The maximum atomic E-state index is 13.4. The highest BCUT2D eigenvalue weighted by Crippen LogP contribution is 2.35. The summed E-state index contributed by atoms with van der Waals surface area (Å²) in [7, 11) is 0. The molecule has 1 saturated heterocycles. The lowest BCUT2D eigenvalue weighted by atomic mass is 9.87. The van der Waals surface area contributed by atoms with Gasteiger partial charge < -0.3 is 15.5 Å². The molecule has 0 spiro atoms. The quantitative estimate of drug-likeness (QED) is 0.583. The van der Waals surface area contributed by atoms with Crippen molar-refractivity contribution in [3.8, 4) is 0 Å². The number of amides is 3. The third-order valence-corrected chi connectivity index (χ3v) is 7.34. The van der Waals surface area contributed by atoms with E-state index in [1.807, 2.05) is 0 Å². The first kappa shape index (κ1) is 26.0. The van der Waals surface area contributed by atoms with Crippen molar-refractivity contribution in [1.29, 1.82) is 0 Å². The van der Waals surface area contributed by atoms with Gasteiger partial charge in [0.05, 0.1) is 22.7 Å². The SMILES string of the molecule is C/C=C(\C(N)=O)C1CCN(C(=O)C[C@@H]2Cc3cc(Cl)c4[nH]ncc4c3CN(CC(F)(F)F)C2=O)CC1. The molecule has 2 aliphatic rings. The number of aromatic amines is 1. The summed E-state index contributed by atoms with van der Waals surface area (Å²) < 4.78 is 40.1. The van der Waals surface area contributed by atoms with E-state index in [2.05, 4.69) is 10.2 Å². The third-order valence-electron chi connectivity index (χ3n) is 7.04. The first-order chi connectivity index (χ1) is 17.0. The second-order valence-electron chi connectivity index (χ2n) is 9.33. The van der Waals surface area contributed by atoms with E-state index in [9.17, 15) is 27.6 Å². The van der Waals surface area contributed by atoms with Crippen LogP contribution >= 0.6 is 11.6 Å². The highest BCUT2D eigenvalue weighted by molar-refractivity contribution is 6.35. The normalized spacial score (nSPS) is 20.0. The maximum Gasteiger partial charge on any atom is 0.406 e. The Balaban J connectivity index is 1.56. The summed E-state index contributed by atoms with van der Waals surface area (Å²) in [5.41, 5.74) is 7.63. The summed E-state index contributed by atoms with van der Waals surface area (Å²) in [6.07, 6.45) is -0.460. The van der Waals surface area contributed by atoms with Crippen molar-refractivity contribution in [1.82, 2.24) is 20.0 Å². The molecule has 2 aliphatic heterocycles. The molecule has 3 heterocycles. The van der Waals surface area contributed by atoms with Crippen LogP contribution in [0.2, 0.25) is 5.02 Å². The highest BCUT2D eigenvalue weighted by Gasteiger charge is 2.39. The molecular weight excluding hydrogens is 499 g/mol. The average Bonchev–Trinajstić information content (AvgIpc) is 3.26. The van der Waals surface area contributed by atoms with Gasteiger partial charge >= 0.3 is 6.18 Å². The third kappa shape index (κ3) is 5.35. The van der Waals surface area contributed by atoms with Gasteiger partial charge in [-0.05, 0) is 49.3 Å². The van der Waals surface area contributed by atoms with Gasteiger partial charge in [-0.3, -0.25) is 19.5 Å². The van der Waals surface area contributed by atoms with Crippen LogP contribution in [0.5, 0.6) is 0 Å². The molecule has 0 bridgehead atoms. The van der Waals surface area contributed by atoms with Crippen molar-refractivity contribution in [2.45, 2.75) is 45.3 Å². The summed E-state index contributed by atoms with van der Waals surface area (Å²) in [6.45, 7) is 0.820. The first-order valence-electron chi connectivity index (χ1n) is 11.7. The standard InChI is InChI=1S/C24H27ClF3N5O3/c1-2-16(22(29)35)13-3-5-32(6-4-13)20(34)9-15-7-14-8-19(25)21-17(10-30-31-21)18(14)11-33(23(15)36)12-24(26,27)28/h2,8,10,13,15H,3-7,9,11-12H2,1H3,(H2,29,35)(H,30,31)/b16-2-/t15-/m0/s1. The van der Waals surface area contributed by atoms with Crippen LogP contribution in [0.15, 0.2) is 23.9 Å². The molecule has 194 valence electrons. The first-order valence-corrected chi connectivity index (χ1v) is 12.1. The number of H-pyrrole nitrogens is 1. The van der Waals surface area contributed by atoms with E-state index >= 15 is 0 Å². The number of piperidine rings is 1. The molecule has 36 heavy (non-hydrogen) atoms. The van der Waals surface area contributed by atoms with Gasteiger partial charge in [-0.25, -0.2) is 0 Å². The summed E-state index contributed by atoms with van der Waals surface area (Å²) in [5.74, 6) is -2.52. The van der Waals surface area contributed by atoms with Crippen LogP contribution in [-0.4, -0.2) is 63.5 Å². The van der Waals surface area contributed by atoms with Crippen LogP contribution < -0.4 is 5.73 Å². The number of carbonyl (C=O) groups excluding carboxylic acids is 3. The molecule has 0 aliphatic carbocycles. The number of fused-ring (bicyclic) bond motifs is 3. The van der Waals surface area contributed by atoms with E-state index in [0.29, 0.717) is 58.6 Å². The van der Waals surface area contributed by atoms with E-state index < -0.39 is 30.5 Å². The Morgan fingerprint density at radius 1 is 1.31 bits per heavy atom. The van der Waals surface area contributed by atoms with Gasteiger partial charge in [0, 0.05) is 37.0 Å². The second kappa shape index (κ2) is 10.1. The minimum absolute atomic E-state index is 0.0512. The zero-order valence-corrected chi connectivity index (χ0v) is 20.5. The number of carbonyl (C=O) groups is 3. The minimum Gasteiger partial charge on any atom is -0.366 e. The molecule has 0 radical (unpaired) electrons. The Morgan fingerprint density at radius 2 is 2.00 bits per heavy atom. The van der Waals surface area contributed by atoms with Crippen molar-refractivity contribution < 1.29 is 27.6 Å². The number of rotatable bonds is 5. The number of alkyl halides is 3. The van der Waals surface area contributed by atoms with Crippen LogP contribution in [0, 0.1) is 11.8 Å². The van der Waals surface area contributed by atoms with E-state index in [4.69, 9.17) is 17.3 Å². The monoisotopic (exact) mass is 525 g/mol. The van der Waals surface area contributed by atoms with E-state index in [1.54, 1.807) is 24.0 Å². The van der Waals surface area contributed by atoms with Crippen LogP contribution in [0.25, 0.3) is 10.9 Å². The Hall–Kier alpha value is -3.08. The average molecular weight is 526 g/mol. The summed E-state index contributed by atoms with van der Waals surface area (Å²) >= 11 is 6.35. The molecule has 3 N–H and O–H groups in total. The number of halogens is 4. The number of hydrogen-bond acceptors (Lipinski definition) is 4. The number of allylic oxidation sites excluding steroid dienone is 1. The van der Waals surface area contributed by atoms with E-state index in [0.717, 1.165) is 4.90 Å². The van der Waals surface area contributed by atoms with Gasteiger partial charge in [0.15, 0.2) is 0 Å². The Bertz CT molecular complexity index is 1220. The van der Waals surface area contributed by atoms with Crippen LogP contribution in [0.3, 0.4) is 0 Å². The Kier molecular flexibility index (Phi) is 7.31. The molecule has 1 aromatic heterocycles. The largest absolute Gasteiger partial charge is 0.406 e. The predicted octanol–water partition coefficient (Wildman–Crippen LogP) is 3.34. The number of nitrogens with two attached hydrogens (primary N) is 1. The van der Waals surface area contributed by atoms with Crippen molar-refractivity contribution in [3.63, 3.8) is 0 Å². The van der Waals surface area contributed by atoms with Crippen LogP contribution in [-0.2, 0) is 27.3 Å². The van der Waals surface area contributed by atoms with Crippen LogP contribution in [0.1, 0.15) is 37.3 Å².